The second-order valence-electron chi connectivity index (χ2n) is 3.71. The van der Waals surface area contributed by atoms with Crippen LogP contribution in [0.25, 0.3) is 0 Å². The van der Waals surface area contributed by atoms with Gasteiger partial charge in [0.25, 0.3) is 0 Å². The molecule has 2 rings (SSSR count). The number of hydrogen-bond donors (Lipinski definition) is 1. The molecule has 0 bridgehead atoms. The van der Waals surface area contributed by atoms with Gasteiger partial charge in [-0.2, -0.15) is 0 Å². The van der Waals surface area contributed by atoms with Crippen LogP contribution >= 0.6 is 0 Å². The summed E-state index contributed by atoms with van der Waals surface area (Å²) in [6.07, 6.45) is 6.19. The molecule has 82 valence electrons. The summed E-state index contributed by atoms with van der Waals surface area (Å²) in [7, 11) is 0. The van der Waals surface area contributed by atoms with E-state index in [1.54, 1.807) is 6.20 Å². The van der Waals surface area contributed by atoms with Crippen molar-refractivity contribution < 1.29 is 4.42 Å². The van der Waals surface area contributed by atoms with E-state index in [1.807, 2.05) is 0 Å². The minimum absolute atomic E-state index is 0.652. The van der Waals surface area contributed by atoms with E-state index in [4.69, 9.17) is 4.42 Å². The van der Waals surface area contributed by atoms with Gasteiger partial charge in [-0.25, -0.2) is 4.98 Å². The molecule has 1 aromatic heterocycles. The van der Waals surface area contributed by atoms with Crippen molar-refractivity contribution in [3.63, 3.8) is 0 Å². The van der Waals surface area contributed by atoms with Crippen molar-refractivity contribution in [3.8, 4) is 0 Å². The average molecular weight is 207 g/mol. The number of rotatable bonds is 3. The zero-order chi connectivity index (χ0) is 10.5. The molecular formula is C11H17N3O. The minimum atomic E-state index is 0.652. The predicted octanol–water partition coefficient (Wildman–Crippen LogP) is 1.91. The Morgan fingerprint density at radius 1 is 1.47 bits per heavy atom. The summed E-state index contributed by atoms with van der Waals surface area (Å²) < 4.78 is 5.50. The van der Waals surface area contributed by atoms with E-state index in [2.05, 4.69) is 22.2 Å². The highest BCUT2D eigenvalue weighted by molar-refractivity contribution is 5.82. The van der Waals surface area contributed by atoms with Gasteiger partial charge in [0, 0.05) is 19.4 Å². The van der Waals surface area contributed by atoms with Crippen molar-refractivity contribution in [2.45, 2.75) is 39.2 Å². The molecule has 1 aromatic rings. The Bertz CT molecular complexity index is 343. The minimum Gasteiger partial charge on any atom is -0.444 e. The fourth-order valence-corrected chi connectivity index (χ4v) is 1.61. The first-order chi connectivity index (χ1) is 7.38. The first-order valence-corrected chi connectivity index (χ1v) is 5.59. The van der Waals surface area contributed by atoms with E-state index >= 15 is 0 Å². The molecule has 0 radical (unpaired) electrons. The molecule has 15 heavy (non-hydrogen) atoms. The Labute approximate surface area is 89.8 Å². The normalized spacial score (nSPS) is 16.2. The Morgan fingerprint density at radius 2 is 2.40 bits per heavy atom. The number of nitrogens with zero attached hydrogens (tertiary/aromatic N) is 2. The Morgan fingerprint density at radius 3 is 3.07 bits per heavy atom. The van der Waals surface area contributed by atoms with E-state index in [0.29, 0.717) is 6.54 Å². The largest absolute Gasteiger partial charge is 0.444 e. The van der Waals surface area contributed by atoms with Crippen LogP contribution in [0.15, 0.2) is 15.6 Å². The second kappa shape index (κ2) is 4.96. The number of hydrogen-bond acceptors (Lipinski definition) is 4. The molecular weight excluding hydrogens is 190 g/mol. The zero-order valence-electron chi connectivity index (χ0n) is 9.12. The molecule has 2 heterocycles. The Kier molecular flexibility index (Phi) is 3.37. The SMILES string of the molecule is CCc1cnc(CNC2=NCCCC2)o1. The first-order valence-electron chi connectivity index (χ1n) is 5.59. The van der Waals surface area contributed by atoms with Crippen molar-refractivity contribution in [3.05, 3.63) is 17.8 Å². The van der Waals surface area contributed by atoms with Crippen molar-refractivity contribution in [1.29, 1.82) is 0 Å². The predicted molar refractivity (Wildman–Crippen MR) is 58.9 cm³/mol. The molecule has 1 N–H and O–H groups in total. The van der Waals surface area contributed by atoms with E-state index in [1.165, 1.54) is 12.8 Å². The standard InChI is InChI=1S/C11H17N3O/c1-2-9-7-14-11(15-9)8-13-10-5-3-4-6-12-10/h7H,2-6,8H2,1H3,(H,12,13). The van der Waals surface area contributed by atoms with Crippen LogP contribution < -0.4 is 5.32 Å². The summed E-state index contributed by atoms with van der Waals surface area (Å²) in [5.41, 5.74) is 0. The maximum Gasteiger partial charge on any atom is 0.213 e. The van der Waals surface area contributed by atoms with Crippen LogP contribution in [-0.4, -0.2) is 17.4 Å². The third-order valence-corrected chi connectivity index (χ3v) is 2.52. The van der Waals surface area contributed by atoms with Gasteiger partial charge < -0.3 is 9.73 Å². The lowest BCUT2D eigenvalue weighted by molar-refractivity contribution is 0.452. The van der Waals surface area contributed by atoms with Gasteiger partial charge in [-0.05, 0) is 12.8 Å². The number of oxazole rings is 1. The van der Waals surface area contributed by atoms with Crippen LogP contribution in [0.4, 0.5) is 0 Å². The average Bonchev–Trinajstić information content (AvgIpc) is 2.76. The molecule has 1 aliphatic rings. The molecule has 0 aliphatic carbocycles. The van der Waals surface area contributed by atoms with Crippen molar-refractivity contribution >= 4 is 5.84 Å². The maximum atomic E-state index is 5.50. The molecule has 0 spiro atoms. The zero-order valence-corrected chi connectivity index (χ0v) is 9.12. The van der Waals surface area contributed by atoms with Gasteiger partial charge >= 0.3 is 0 Å². The van der Waals surface area contributed by atoms with Crippen LogP contribution in [0.2, 0.25) is 0 Å². The highest BCUT2D eigenvalue weighted by Crippen LogP contribution is 2.06. The number of aryl methyl sites for hydroxylation is 1. The van der Waals surface area contributed by atoms with Crippen LogP contribution in [-0.2, 0) is 13.0 Å². The molecule has 0 atom stereocenters. The monoisotopic (exact) mass is 207 g/mol. The third kappa shape index (κ3) is 2.81. The van der Waals surface area contributed by atoms with Crippen LogP contribution in [0, 0.1) is 0 Å². The van der Waals surface area contributed by atoms with Crippen LogP contribution in [0.1, 0.15) is 37.8 Å². The molecule has 1 aliphatic heterocycles. The fourth-order valence-electron chi connectivity index (χ4n) is 1.61. The lowest BCUT2D eigenvalue weighted by atomic mass is 10.2. The molecule has 4 heteroatoms. The summed E-state index contributed by atoms with van der Waals surface area (Å²) in [4.78, 5) is 8.59. The Hall–Kier alpha value is -1.32. The molecule has 4 nitrogen and oxygen atoms in total. The summed E-state index contributed by atoms with van der Waals surface area (Å²) >= 11 is 0. The van der Waals surface area contributed by atoms with Crippen LogP contribution in [0.3, 0.4) is 0 Å². The summed E-state index contributed by atoms with van der Waals surface area (Å²) in [6, 6.07) is 0. The molecule has 0 unspecified atom stereocenters. The Balaban J connectivity index is 1.84. The van der Waals surface area contributed by atoms with Crippen molar-refractivity contribution in [1.82, 2.24) is 10.3 Å². The van der Waals surface area contributed by atoms with Crippen molar-refractivity contribution in [2.75, 3.05) is 6.54 Å². The van der Waals surface area contributed by atoms with Gasteiger partial charge in [-0.15, -0.1) is 0 Å². The van der Waals surface area contributed by atoms with Gasteiger partial charge in [0.2, 0.25) is 5.89 Å². The van der Waals surface area contributed by atoms with Gasteiger partial charge in [0.1, 0.15) is 5.76 Å². The van der Waals surface area contributed by atoms with Gasteiger partial charge in [-0.1, -0.05) is 6.92 Å². The van der Waals surface area contributed by atoms with Gasteiger partial charge in [-0.3, -0.25) is 4.99 Å². The van der Waals surface area contributed by atoms with Crippen molar-refractivity contribution in [2.24, 2.45) is 4.99 Å². The number of aliphatic imine (C=N–C) groups is 1. The van der Waals surface area contributed by atoms with E-state index < -0.39 is 0 Å². The van der Waals surface area contributed by atoms with Crippen LogP contribution in [0.5, 0.6) is 0 Å². The second-order valence-corrected chi connectivity index (χ2v) is 3.71. The summed E-state index contributed by atoms with van der Waals surface area (Å²) in [6.45, 7) is 3.66. The third-order valence-electron chi connectivity index (χ3n) is 2.52. The first kappa shape index (κ1) is 10.2. The molecule has 0 saturated heterocycles. The molecule has 0 amide bonds. The van der Waals surface area contributed by atoms with Gasteiger partial charge in [0.05, 0.1) is 18.6 Å². The fraction of sp³-hybridized carbons (Fsp3) is 0.636. The number of aromatic nitrogens is 1. The van der Waals surface area contributed by atoms with E-state index in [0.717, 1.165) is 36.9 Å². The lowest BCUT2D eigenvalue weighted by Crippen LogP contribution is -2.25. The highest BCUT2D eigenvalue weighted by Gasteiger charge is 2.06. The quantitative estimate of drug-likeness (QED) is 0.823. The topological polar surface area (TPSA) is 50.4 Å². The lowest BCUT2D eigenvalue weighted by Gasteiger charge is -2.12. The van der Waals surface area contributed by atoms with E-state index in [-0.39, 0.29) is 0 Å². The van der Waals surface area contributed by atoms with Gasteiger partial charge in [0.15, 0.2) is 0 Å². The molecule has 0 aromatic carbocycles. The number of amidine groups is 1. The highest BCUT2D eigenvalue weighted by atomic mass is 16.4. The number of nitrogens with one attached hydrogen (secondary N) is 1. The molecule has 0 fully saturated rings. The molecule has 0 saturated carbocycles. The van der Waals surface area contributed by atoms with E-state index in [9.17, 15) is 0 Å². The summed E-state index contributed by atoms with van der Waals surface area (Å²) in [5.74, 6) is 2.79. The summed E-state index contributed by atoms with van der Waals surface area (Å²) in [5, 5.41) is 3.27. The smallest absolute Gasteiger partial charge is 0.213 e. The maximum absolute atomic E-state index is 5.50.